The molecule has 5 aromatic rings. The van der Waals surface area contributed by atoms with Crippen molar-refractivity contribution in [2.24, 2.45) is 5.92 Å². The fraction of sp³-hybridized carbons (Fsp3) is 0.453. The molecule has 72 heavy (non-hydrogen) atoms. The van der Waals surface area contributed by atoms with E-state index in [0.29, 0.717) is 72.0 Å². The van der Waals surface area contributed by atoms with Crippen LogP contribution >= 0.6 is 23.1 Å². The van der Waals surface area contributed by atoms with Crippen molar-refractivity contribution in [2.45, 2.75) is 77.3 Å². The van der Waals surface area contributed by atoms with Crippen LogP contribution in [0.1, 0.15) is 63.3 Å². The van der Waals surface area contributed by atoms with Gasteiger partial charge < -0.3 is 34.6 Å². The summed E-state index contributed by atoms with van der Waals surface area (Å²) >= 11 is 3.62. The summed E-state index contributed by atoms with van der Waals surface area (Å²) in [6.45, 7) is 17.5. The summed E-state index contributed by atoms with van der Waals surface area (Å²) < 4.78 is 20.3. The van der Waals surface area contributed by atoms with Gasteiger partial charge in [-0.3, -0.25) is 39.3 Å². The number of amides is 4. The molecule has 17 nitrogen and oxygen atoms in total. The van der Waals surface area contributed by atoms with Gasteiger partial charge in [0.05, 0.1) is 45.5 Å². The third kappa shape index (κ3) is 9.19. The van der Waals surface area contributed by atoms with E-state index < -0.39 is 24.5 Å². The maximum atomic E-state index is 13.9. The number of imide groups is 1. The van der Waals surface area contributed by atoms with Gasteiger partial charge in [-0.2, -0.15) is 4.98 Å². The molecule has 7 heterocycles. The normalized spacial score (nSPS) is 19.9. The number of piperazine rings is 1. The van der Waals surface area contributed by atoms with Crippen LogP contribution < -0.4 is 40.7 Å². The second kappa shape index (κ2) is 19.4. The summed E-state index contributed by atoms with van der Waals surface area (Å²) in [6, 6.07) is 17.5. The number of hydrogen-bond donors (Lipinski definition) is 3. The highest BCUT2D eigenvalue weighted by molar-refractivity contribution is 9.10. The number of pyridine rings is 1. The van der Waals surface area contributed by atoms with Crippen LogP contribution in [0.3, 0.4) is 0 Å². The molecular formula is C53H63BrN11O6P. The van der Waals surface area contributed by atoms with E-state index in [0.717, 1.165) is 90.0 Å². The van der Waals surface area contributed by atoms with Gasteiger partial charge >= 0.3 is 0 Å². The molecule has 4 fully saturated rings. The molecule has 2 aromatic heterocycles. The van der Waals surface area contributed by atoms with Crippen LogP contribution in [0.2, 0.25) is 0 Å². The first-order valence-corrected chi connectivity index (χ1v) is 28.4. The zero-order chi connectivity index (χ0) is 50.8. The molecule has 5 aliphatic rings. The molecule has 0 saturated carbocycles. The number of rotatable bonds is 12. The number of piperidine rings is 2. The first kappa shape index (κ1) is 49.5. The number of carbonyl (C=O) groups is 4. The summed E-state index contributed by atoms with van der Waals surface area (Å²) in [5.74, 6) is 0.731. The molecule has 5 aliphatic heterocycles. The highest BCUT2D eigenvalue weighted by atomic mass is 79.9. The fourth-order valence-electron chi connectivity index (χ4n) is 11.4. The van der Waals surface area contributed by atoms with Gasteiger partial charge in [0.1, 0.15) is 24.8 Å². The van der Waals surface area contributed by atoms with Crippen LogP contribution in [-0.2, 0) is 35.6 Å². The lowest BCUT2D eigenvalue weighted by molar-refractivity contribution is -0.138. The number of anilines is 7. The first-order valence-electron chi connectivity index (χ1n) is 25.0. The number of aryl methyl sites for hydroxylation is 2. The average molecular weight is 1060 g/mol. The molecule has 0 spiro atoms. The Balaban J connectivity index is 0.743. The molecule has 1 atom stereocenters. The molecule has 3 aromatic carbocycles. The van der Waals surface area contributed by atoms with Crippen molar-refractivity contribution in [1.82, 2.24) is 30.1 Å². The van der Waals surface area contributed by atoms with Crippen LogP contribution in [0.5, 0.6) is 5.75 Å². The zero-order valence-corrected chi connectivity index (χ0v) is 44.5. The molecule has 19 heteroatoms. The number of halogens is 1. The van der Waals surface area contributed by atoms with Crippen molar-refractivity contribution in [3.63, 3.8) is 0 Å². The van der Waals surface area contributed by atoms with Gasteiger partial charge in [0.15, 0.2) is 0 Å². The molecule has 3 N–H and O–H groups in total. The smallest absolute Gasteiger partial charge is 0.249 e. The van der Waals surface area contributed by atoms with Gasteiger partial charge in [-0.15, -0.1) is 0 Å². The van der Waals surface area contributed by atoms with Gasteiger partial charge in [-0.25, -0.2) is 4.98 Å². The molecule has 4 amide bonds. The van der Waals surface area contributed by atoms with E-state index in [4.69, 9.17) is 9.72 Å². The summed E-state index contributed by atoms with van der Waals surface area (Å²) in [7, 11) is -1.07. The SMILES string of the molecule is CCc1cc(Nc2ncc(Br)c(Nc3ccc4nc(C)ccc4c3P(C)(C)=O)n2)c(OC)cc1N1CCC(N2CCN(C(=O)C3CN(c4cccc5c4C(C)(C)C(=O)N5C4CCC(=O)NC4=O)C3)CC2)CC1. The lowest BCUT2D eigenvalue weighted by Gasteiger charge is -2.46. The molecule has 0 radical (unpaired) electrons. The number of carbonyl (C=O) groups excluding carboxylic acids is 4. The Hall–Kier alpha value is -6.10. The largest absolute Gasteiger partial charge is 0.494 e. The molecular weight excluding hydrogens is 998 g/mol. The van der Waals surface area contributed by atoms with E-state index in [-0.39, 0.29) is 30.1 Å². The van der Waals surface area contributed by atoms with Crippen molar-refractivity contribution >= 4 is 103 Å². The summed E-state index contributed by atoms with van der Waals surface area (Å²) in [4.78, 5) is 77.5. The Morgan fingerprint density at radius 3 is 2.32 bits per heavy atom. The molecule has 378 valence electrons. The van der Waals surface area contributed by atoms with Gasteiger partial charge in [-0.05, 0) is 118 Å². The maximum absolute atomic E-state index is 13.9. The number of hydrogen-bond acceptors (Lipinski definition) is 14. The van der Waals surface area contributed by atoms with E-state index >= 15 is 0 Å². The van der Waals surface area contributed by atoms with Gasteiger partial charge in [-0.1, -0.05) is 19.1 Å². The number of nitrogens with one attached hydrogen (secondary N) is 3. The second-order valence-electron chi connectivity index (χ2n) is 20.6. The zero-order valence-electron chi connectivity index (χ0n) is 42.1. The number of fused-ring (bicyclic) bond motifs is 2. The number of nitrogens with zero attached hydrogens (tertiary/aromatic N) is 8. The third-order valence-electron chi connectivity index (χ3n) is 15.2. The molecule has 1 unspecified atom stereocenters. The predicted molar refractivity (Wildman–Crippen MR) is 286 cm³/mol. The Labute approximate surface area is 428 Å². The van der Waals surface area contributed by atoms with Crippen LogP contribution in [0.25, 0.3) is 10.9 Å². The van der Waals surface area contributed by atoms with E-state index in [1.807, 2.05) is 68.1 Å². The molecule has 4 saturated heterocycles. The fourth-order valence-corrected chi connectivity index (χ4v) is 13.2. The first-order chi connectivity index (χ1) is 34.4. The van der Waals surface area contributed by atoms with Crippen molar-refractivity contribution in [3.8, 4) is 5.75 Å². The highest BCUT2D eigenvalue weighted by Gasteiger charge is 2.51. The number of ether oxygens (including phenoxy) is 1. The van der Waals surface area contributed by atoms with Crippen LogP contribution in [0, 0.1) is 12.8 Å². The minimum absolute atomic E-state index is 0.123. The minimum atomic E-state index is -2.74. The third-order valence-corrected chi connectivity index (χ3v) is 17.4. The lowest BCUT2D eigenvalue weighted by atomic mass is 9.83. The number of benzene rings is 3. The monoisotopic (exact) mass is 1060 g/mol. The molecule has 0 bridgehead atoms. The summed E-state index contributed by atoms with van der Waals surface area (Å²) in [5, 5.41) is 10.8. The number of methoxy groups -OCH3 is 1. The topological polar surface area (TPSA) is 186 Å². The summed E-state index contributed by atoms with van der Waals surface area (Å²) in [6.07, 6.45) is 5.02. The van der Waals surface area contributed by atoms with Gasteiger partial charge in [0.25, 0.3) is 0 Å². The van der Waals surface area contributed by atoms with E-state index in [1.54, 1.807) is 31.5 Å². The highest BCUT2D eigenvalue weighted by Crippen LogP contribution is 2.50. The molecule has 10 rings (SSSR count). The Morgan fingerprint density at radius 2 is 1.62 bits per heavy atom. The number of aromatic nitrogens is 3. The van der Waals surface area contributed by atoms with E-state index in [1.165, 1.54) is 5.56 Å². The van der Waals surface area contributed by atoms with Crippen molar-refractivity contribution in [2.75, 3.05) is 98.1 Å². The Morgan fingerprint density at radius 1 is 0.889 bits per heavy atom. The van der Waals surface area contributed by atoms with Crippen LogP contribution in [0.4, 0.5) is 40.2 Å². The van der Waals surface area contributed by atoms with Crippen LogP contribution in [-0.4, -0.2) is 133 Å². The van der Waals surface area contributed by atoms with E-state index in [2.05, 4.69) is 75.6 Å². The van der Waals surface area contributed by atoms with Crippen molar-refractivity contribution in [1.29, 1.82) is 0 Å². The second-order valence-corrected chi connectivity index (χ2v) is 24.6. The van der Waals surface area contributed by atoms with E-state index in [9.17, 15) is 23.7 Å². The standard InChI is InChI=1S/C53H63BrN11O6P/c1-8-32-26-39(58-52-55-28-36(54)48(60-52)57-38-15-14-37-35(13-12-31(2)56-37)47(38)72(6,7)70)44(71-5)27-43(32)62-20-18-34(19-21-62)61-22-24-63(25-23-61)50(68)33-29-64(30-33)40-10-9-11-41-46(40)53(3,4)51(69)65(41)42-16-17-45(66)59-49(42)67/h9-15,26-28,33-34,42H,8,16-25,29-30H2,1-7H3,(H,59,66,67)(H2,55,57,58,60). The predicted octanol–water partition coefficient (Wildman–Crippen LogP) is 7.08. The Kier molecular flexibility index (Phi) is 13.3. The van der Waals surface area contributed by atoms with Gasteiger partial charge in [0, 0.05) is 110 Å². The maximum Gasteiger partial charge on any atom is 0.249 e. The Bertz CT molecular complexity index is 3050. The van der Waals surface area contributed by atoms with Crippen molar-refractivity contribution < 1.29 is 28.5 Å². The average Bonchev–Trinajstić information content (AvgIpc) is 3.55. The minimum Gasteiger partial charge on any atom is -0.494 e. The van der Waals surface area contributed by atoms with Gasteiger partial charge in [0.2, 0.25) is 29.6 Å². The van der Waals surface area contributed by atoms with Crippen molar-refractivity contribution in [3.05, 3.63) is 82.1 Å². The lowest BCUT2D eigenvalue weighted by Crippen LogP contribution is -2.59. The molecule has 0 aliphatic carbocycles. The quantitative estimate of drug-likeness (QED) is 0.0851. The summed E-state index contributed by atoms with van der Waals surface area (Å²) in [5.41, 5.74) is 7.10. The van der Waals surface area contributed by atoms with Crippen LogP contribution in [0.15, 0.2) is 65.3 Å².